The molecule has 0 aliphatic rings. The molecule has 0 aliphatic carbocycles. The van der Waals surface area contributed by atoms with E-state index in [1.165, 1.54) is 55.5 Å². The molecule has 0 saturated carbocycles. The highest BCUT2D eigenvalue weighted by molar-refractivity contribution is 5.24. The van der Waals surface area contributed by atoms with E-state index in [4.69, 9.17) is 0 Å². The number of imidazole rings is 1. The molecule has 20 heavy (non-hydrogen) atoms. The molecule has 1 aromatic heterocycles. The summed E-state index contributed by atoms with van der Waals surface area (Å²) in [5.41, 5.74) is 3.88. The molecule has 1 aromatic carbocycles. The third-order valence-corrected chi connectivity index (χ3v) is 3.80. The Bertz CT molecular complexity index is 473. The molecule has 2 heteroatoms. The molecule has 0 radical (unpaired) electrons. The molecule has 1 heterocycles. The predicted molar refractivity (Wildman–Crippen MR) is 84.9 cm³/mol. The molecule has 0 saturated heterocycles. The van der Waals surface area contributed by atoms with Gasteiger partial charge in [-0.2, -0.15) is 0 Å². The van der Waals surface area contributed by atoms with Crippen molar-refractivity contribution in [1.82, 2.24) is 9.97 Å². The van der Waals surface area contributed by atoms with E-state index in [9.17, 15) is 0 Å². The molecule has 1 N–H and O–H groups in total. The van der Waals surface area contributed by atoms with Gasteiger partial charge in [-0.25, -0.2) is 4.98 Å². The molecular weight excluding hydrogens is 244 g/mol. The second-order valence-corrected chi connectivity index (χ2v) is 5.51. The lowest BCUT2D eigenvalue weighted by molar-refractivity contribution is 0.604. The zero-order valence-electron chi connectivity index (χ0n) is 12.6. The Morgan fingerprint density at radius 2 is 1.70 bits per heavy atom. The minimum atomic E-state index is 0.964. The smallest absolute Gasteiger partial charge is 0.0925 e. The number of rotatable bonds is 9. The van der Waals surface area contributed by atoms with Crippen LogP contribution in [0.4, 0.5) is 0 Å². The molecule has 0 atom stereocenters. The molecule has 108 valence electrons. The maximum absolute atomic E-state index is 4.49. The van der Waals surface area contributed by atoms with Gasteiger partial charge in [0.15, 0.2) is 0 Å². The summed E-state index contributed by atoms with van der Waals surface area (Å²) in [4.78, 5) is 7.80. The average Bonchev–Trinajstić information content (AvgIpc) is 2.91. The monoisotopic (exact) mass is 270 g/mol. The van der Waals surface area contributed by atoms with Gasteiger partial charge in [-0.05, 0) is 18.4 Å². The lowest BCUT2D eigenvalue weighted by Gasteiger charge is -2.04. The Morgan fingerprint density at radius 3 is 2.50 bits per heavy atom. The zero-order valence-corrected chi connectivity index (χ0v) is 12.6. The zero-order chi connectivity index (χ0) is 14.0. The van der Waals surface area contributed by atoms with Crippen LogP contribution in [-0.4, -0.2) is 9.97 Å². The highest BCUT2D eigenvalue weighted by atomic mass is 14.9. The molecular formula is C18H26N2. The Labute approximate surface area is 122 Å². The molecule has 2 rings (SSSR count). The summed E-state index contributed by atoms with van der Waals surface area (Å²) in [5.74, 6) is 0. The number of nitrogens with one attached hydrogen (secondary N) is 1. The van der Waals surface area contributed by atoms with Crippen molar-refractivity contribution in [2.45, 2.75) is 58.3 Å². The van der Waals surface area contributed by atoms with Crippen LogP contribution in [0.5, 0.6) is 0 Å². The minimum Gasteiger partial charge on any atom is -0.348 e. The predicted octanol–water partition coefficient (Wildman–Crippen LogP) is 4.90. The standard InChI is InChI=1S/C18H26N2/c1-2-3-4-5-6-10-13-17-18(20-15-19-17)14-16-11-8-7-9-12-16/h7-9,11-12,15H,2-6,10,13-14H2,1H3,(H,19,20). The summed E-state index contributed by atoms with van der Waals surface area (Å²) in [6.45, 7) is 2.26. The normalized spacial score (nSPS) is 10.8. The van der Waals surface area contributed by atoms with E-state index in [1.54, 1.807) is 0 Å². The first-order valence-electron chi connectivity index (χ1n) is 7.95. The van der Waals surface area contributed by atoms with E-state index < -0.39 is 0 Å². The first kappa shape index (κ1) is 14.8. The first-order chi connectivity index (χ1) is 9.90. The number of hydrogen-bond acceptors (Lipinski definition) is 1. The largest absolute Gasteiger partial charge is 0.348 e. The van der Waals surface area contributed by atoms with Gasteiger partial charge in [0, 0.05) is 12.1 Å². The third kappa shape index (κ3) is 4.84. The van der Waals surface area contributed by atoms with Crippen LogP contribution in [0, 0.1) is 0 Å². The van der Waals surface area contributed by atoms with Gasteiger partial charge in [-0.15, -0.1) is 0 Å². The fourth-order valence-corrected chi connectivity index (χ4v) is 2.59. The molecule has 0 amide bonds. The van der Waals surface area contributed by atoms with Crippen LogP contribution >= 0.6 is 0 Å². The van der Waals surface area contributed by atoms with Crippen molar-refractivity contribution in [2.75, 3.05) is 0 Å². The van der Waals surface area contributed by atoms with Crippen molar-refractivity contribution in [2.24, 2.45) is 0 Å². The Kier molecular flexibility index (Phi) is 6.36. The van der Waals surface area contributed by atoms with Crippen molar-refractivity contribution < 1.29 is 0 Å². The van der Waals surface area contributed by atoms with Crippen LogP contribution in [0.2, 0.25) is 0 Å². The van der Waals surface area contributed by atoms with Crippen LogP contribution in [-0.2, 0) is 12.8 Å². The quantitative estimate of drug-likeness (QED) is 0.645. The Hall–Kier alpha value is -1.57. The Morgan fingerprint density at radius 1 is 0.950 bits per heavy atom. The fourth-order valence-electron chi connectivity index (χ4n) is 2.59. The van der Waals surface area contributed by atoms with E-state index in [1.807, 2.05) is 6.33 Å². The fraction of sp³-hybridized carbons (Fsp3) is 0.500. The molecule has 0 unspecified atom stereocenters. The molecule has 0 aliphatic heterocycles. The highest BCUT2D eigenvalue weighted by Crippen LogP contribution is 2.14. The van der Waals surface area contributed by atoms with Crippen molar-refractivity contribution in [3.05, 3.63) is 53.6 Å². The number of benzene rings is 1. The van der Waals surface area contributed by atoms with Gasteiger partial charge < -0.3 is 4.98 Å². The first-order valence-corrected chi connectivity index (χ1v) is 7.95. The number of aryl methyl sites for hydroxylation is 1. The minimum absolute atomic E-state index is 0.964. The molecule has 0 fully saturated rings. The summed E-state index contributed by atoms with van der Waals surface area (Å²) in [6.07, 6.45) is 11.9. The second-order valence-electron chi connectivity index (χ2n) is 5.51. The van der Waals surface area contributed by atoms with E-state index in [2.05, 4.69) is 47.2 Å². The van der Waals surface area contributed by atoms with Gasteiger partial charge in [0.1, 0.15) is 0 Å². The summed E-state index contributed by atoms with van der Waals surface area (Å²) < 4.78 is 0. The number of unbranched alkanes of at least 4 members (excludes halogenated alkanes) is 5. The second kappa shape index (κ2) is 8.57. The SMILES string of the molecule is CCCCCCCCc1nc[nH]c1Cc1ccccc1. The van der Waals surface area contributed by atoms with Gasteiger partial charge in [0.25, 0.3) is 0 Å². The van der Waals surface area contributed by atoms with Gasteiger partial charge in [0.05, 0.1) is 12.0 Å². The summed E-state index contributed by atoms with van der Waals surface area (Å²) in [5, 5.41) is 0. The maximum atomic E-state index is 4.49. The van der Waals surface area contributed by atoms with Crippen LogP contribution in [0.1, 0.15) is 62.4 Å². The van der Waals surface area contributed by atoms with Gasteiger partial charge in [-0.1, -0.05) is 69.4 Å². The molecule has 2 nitrogen and oxygen atoms in total. The number of hydrogen-bond donors (Lipinski definition) is 1. The number of aromatic amines is 1. The van der Waals surface area contributed by atoms with Crippen molar-refractivity contribution in [3.63, 3.8) is 0 Å². The van der Waals surface area contributed by atoms with Crippen LogP contribution in [0.25, 0.3) is 0 Å². The molecule has 2 aromatic rings. The summed E-state index contributed by atoms with van der Waals surface area (Å²) in [6, 6.07) is 10.6. The van der Waals surface area contributed by atoms with E-state index >= 15 is 0 Å². The van der Waals surface area contributed by atoms with E-state index in [0.717, 1.165) is 12.8 Å². The maximum Gasteiger partial charge on any atom is 0.0925 e. The highest BCUT2D eigenvalue weighted by Gasteiger charge is 2.06. The van der Waals surface area contributed by atoms with Crippen molar-refractivity contribution in [1.29, 1.82) is 0 Å². The lowest BCUT2D eigenvalue weighted by Crippen LogP contribution is -1.95. The lowest BCUT2D eigenvalue weighted by atomic mass is 10.0. The molecule has 0 bridgehead atoms. The number of H-pyrrole nitrogens is 1. The number of nitrogens with zero attached hydrogens (tertiary/aromatic N) is 1. The van der Waals surface area contributed by atoms with Gasteiger partial charge in [-0.3, -0.25) is 0 Å². The molecule has 0 spiro atoms. The third-order valence-electron chi connectivity index (χ3n) is 3.80. The summed E-state index contributed by atoms with van der Waals surface area (Å²) >= 11 is 0. The van der Waals surface area contributed by atoms with Crippen LogP contribution < -0.4 is 0 Å². The summed E-state index contributed by atoms with van der Waals surface area (Å²) in [7, 11) is 0. The van der Waals surface area contributed by atoms with E-state index in [0.29, 0.717) is 0 Å². The van der Waals surface area contributed by atoms with Gasteiger partial charge in [0.2, 0.25) is 0 Å². The van der Waals surface area contributed by atoms with Crippen LogP contribution in [0.3, 0.4) is 0 Å². The van der Waals surface area contributed by atoms with Crippen molar-refractivity contribution in [3.8, 4) is 0 Å². The van der Waals surface area contributed by atoms with E-state index in [-0.39, 0.29) is 0 Å². The Balaban J connectivity index is 1.77. The topological polar surface area (TPSA) is 28.7 Å². The van der Waals surface area contributed by atoms with Gasteiger partial charge >= 0.3 is 0 Å². The average molecular weight is 270 g/mol. The van der Waals surface area contributed by atoms with Crippen molar-refractivity contribution >= 4 is 0 Å². The number of aromatic nitrogens is 2. The van der Waals surface area contributed by atoms with Crippen LogP contribution in [0.15, 0.2) is 36.7 Å².